The molecule has 0 radical (unpaired) electrons. The number of aromatic nitrogens is 3. The second-order valence-corrected chi connectivity index (χ2v) is 7.52. The van der Waals surface area contributed by atoms with Crippen molar-refractivity contribution >= 4 is 17.8 Å². The number of carbonyl (C=O) groups excluding carboxylic acids is 1. The summed E-state index contributed by atoms with van der Waals surface area (Å²) in [5.74, 6) is 1.11. The third-order valence-corrected chi connectivity index (χ3v) is 5.43. The molecule has 3 atom stereocenters. The van der Waals surface area contributed by atoms with Crippen molar-refractivity contribution < 1.29 is 14.7 Å². The van der Waals surface area contributed by atoms with Crippen molar-refractivity contribution in [2.45, 2.75) is 57.9 Å². The smallest absolute Gasteiger partial charge is 0.404 e. The van der Waals surface area contributed by atoms with E-state index in [1.54, 1.807) is 18.3 Å². The molecule has 1 fully saturated rings. The summed E-state index contributed by atoms with van der Waals surface area (Å²) in [6, 6.07) is 5.43. The van der Waals surface area contributed by atoms with E-state index in [1.165, 1.54) is 0 Å². The van der Waals surface area contributed by atoms with Crippen LogP contribution in [0.2, 0.25) is 0 Å². The van der Waals surface area contributed by atoms with Crippen LogP contribution in [-0.2, 0) is 0 Å². The Kier molecular flexibility index (Phi) is 6.28. The molecule has 8 nitrogen and oxygen atoms in total. The molecule has 2 heterocycles. The number of amides is 2. The number of nitrogens with zero attached hydrogens (tertiary/aromatic N) is 2. The Hall–Kier alpha value is -2.90. The summed E-state index contributed by atoms with van der Waals surface area (Å²) in [6.45, 7) is 3.87. The Morgan fingerprint density at radius 3 is 2.86 bits per heavy atom. The van der Waals surface area contributed by atoms with Gasteiger partial charge in [-0.1, -0.05) is 6.92 Å². The predicted molar refractivity (Wildman–Crippen MR) is 105 cm³/mol. The molecule has 0 saturated heterocycles. The Morgan fingerprint density at radius 2 is 2.18 bits per heavy atom. The molecule has 2 aromatic rings. The van der Waals surface area contributed by atoms with Crippen molar-refractivity contribution in [2.75, 3.05) is 5.32 Å². The van der Waals surface area contributed by atoms with E-state index in [1.807, 2.05) is 19.9 Å². The van der Waals surface area contributed by atoms with Crippen molar-refractivity contribution in [1.29, 1.82) is 0 Å². The van der Waals surface area contributed by atoms with Gasteiger partial charge in [-0.2, -0.15) is 5.10 Å². The van der Waals surface area contributed by atoms with Crippen LogP contribution in [0, 0.1) is 12.8 Å². The summed E-state index contributed by atoms with van der Waals surface area (Å²) in [5.41, 5.74) is 2.37. The number of nitrogens with one attached hydrogen (secondary N) is 3. The highest BCUT2D eigenvalue weighted by Crippen LogP contribution is 2.40. The Balaban J connectivity index is 1.55. The first-order valence-corrected chi connectivity index (χ1v) is 9.73. The second kappa shape index (κ2) is 8.86. The number of hydrogen-bond donors (Lipinski definition) is 4. The van der Waals surface area contributed by atoms with E-state index < -0.39 is 6.09 Å². The molecule has 3 unspecified atom stereocenters. The van der Waals surface area contributed by atoms with Gasteiger partial charge in [0.2, 0.25) is 0 Å². The first-order chi connectivity index (χ1) is 13.4. The van der Waals surface area contributed by atoms with Crippen LogP contribution in [-0.4, -0.2) is 38.3 Å². The van der Waals surface area contributed by atoms with E-state index in [9.17, 15) is 9.59 Å². The van der Waals surface area contributed by atoms with Crippen LogP contribution in [0.25, 0.3) is 0 Å². The molecule has 0 aliphatic heterocycles. The molecule has 0 bridgehead atoms. The van der Waals surface area contributed by atoms with Gasteiger partial charge in [-0.3, -0.25) is 14.9 Å². The lowest BCUT2D eigenvalue weighted by Gasteiger charge is -2.19. The topological polar surface area (TPSA) is 120 Å². The Morgan fingerprint density at radius 1 is 1.36 bits per heavy atom. The largest absolute Gasteiger partial charge is 0.465 e. The number of H-pyrrole nitrogens is 1. The van der Waals surface area contributed by atoms with Crippen molar-refractivity contribution in [3.8, 4) is 0 Å². The van der Waals surface area contributed by atoms with Gasteiger partial charge >= 0.3 is 6.09 Å². The predicted octanol–water partition coefficient (Wildman–Crippen LogP) is 3.69. The lowest BCUT2D eigenvalue weighted by atomic mass is 9.95. The SMILES string of the molecule is CCC(CC1CCC(c2cc(NC(=O)c3ccc(C)nc3)n[nH]2)C1)NC(=O)O. The van der Waals surface area contributed by atoms with Crippen LogP contribution in [0.5, 0.6) is 0 Å². The van der Waals surface area contributed by atoms with Gasteiger partial charge in [0.15, 0.2) is 5.82 Å². The minimum absolute atomic E-state index is 0.000912. The van der Waals surface area contributed by atoms with Crippen LogP contribution < -0.4 is 10.6 Å². The highest BCUT2D eigenvalue weighted by molar-refractivity contribution is 6.03. The van der Waals surface area contributed by atoms with Crippen LogP contribution in [0.3, 0.4) is 0 Å². The number of anilines is 1. The number of pyridine rings is 1. The minimum atomic E-state index is -0.959. The molecule has 28 heavy (non-hydrogen) atoms. The average molecular weight is 385 g/mol. The molecular formula is C20H27N5O3. The molecule has 8 heteroatoms. The van der Waals surface area contributed by atoms with E-state index >= 15 is 0 Å². The fourth-order valence-corrected chi connectivity index (χ4v) is 3.88. The summed E-state index contributed by atoms with van der Waals surface area (Å²) in [6.07, 6.45) is 5.34. The molecule has 1 saturated carbocycles. The van der Waals surface area contributed by atoms with Gasteiger partial charge in [-0.15, -0.1) is 0 Å². The highest BCUT2D eigenvalue weighted by Gasteiger charge is 2.29. The molecule has 2 aromatic heterocycles. The van der Waals surface area contributed by atoms with Gasteiger partial charge in [-0.05, 0) is 57.1 Å². The van der Waals surface area contributed by atoms with Crippen LogP contribution in [0.15, 0.2) is 24.4 Å². The fourth-order valence-electron chi connectivity index (χ4n) is 3.88. The molecule has 0 aromatic carbocycles. The third kappa shape index (κ3) is 5.09. The minimum Gasteiger partial charge on any atom is -0.465 e. The van der Waals surface area contributed by atoms with Gasteiger partial charge in [0, 0.05) is 35.6 Å². The van der Waals surface area contributed by atoms with Crippen LogP contribution in [0.4, 0.5) is 10.6 Å². The van der Waals surface area contributed by atoms with Gasteiger partial charge in [0.25, 0.3) is 5.91 Å². The standard InChI is InChI=1S/C20H27N5O3/c1-3-16(22-20(27)28)9-13-5-7-14(8-13)17-10-18(25-24-17)23-19(26)15-6-4-12(2)21-11-15/h4,6,10-11,13-14,16,22H,3,5,7-9H2,1-2H3,(H,27,28)(H2,23,24,25,26). The summed E-state index contributed by atoms with van der Waals surface area (Å²) in [5, 5.41) is 21.6. The van der Waals surface area contributed by atoms with E-state index in [0.29, 0.717) is 23.2 Å². The van der Waals surface area contributed by atoms with E-state index in [0.717, 1.165) is 43.5 Å². The molecule has 4 N–H and O–H groups in total. The van der Waals surface area contributed by atoms with Crippen molar-refractivity contribution in [2.24, 2.45) is 5.92 Å². The lowest BCUT2D eigenvalue weighted by molar-refractivity contribution is 0.102. The number of aromatic amines is 1. The zero-order valence-electron chi connectivity index (χ0n) is 16.2. The zero-order valence-corrected chi connectivity index (χ0v) is 16.2. The first kappa shape index (κ1) is 19.9. The Bertz CT molecular complexity index is 818. The summed E-state index contributed by atoms with van der Waals surface area (Å²) in [4.78, 5) is 27.3. The molecule has 1 aliphatic carbocycles. The maximum absolute atomic E-state index is 12.3. The molecular weight excluding hydrogens is 358 g/mol. The number of hydrogen-bond acceptors (Lipinski definition) is 4. The highest BCUT2D eigenvalue weighted by atomic mass is 16.4. The second-order valence-electron chi connectivity index (χ2n) is 7.52. The maximum atomic E-state index is 12.3. The molecule has 3 rings (SSSR count). The molecule has 0 spiro atoms. The number of carboxylic acid groups (broad SMARTS) is 1. The van der Waals surface area contributed by atoms with Gasteiger partial charge in [-0.25, -0.2) is 4.79 Å². The van der Waals surface area contributed by atoms with Crippen LogP contribution in [0.1, 0.15) is 66.7 Å². The number of carbonyl (C=O) groups is 2. The molecule has 1 aliphatic rings. The molecule has 2 amide bonds. The fraction of sp³-hybridized carbons (Fsp3) is 0.500. The van der Waals surface area contributed by atoms with Gasteiger partial charge in [0.1, 0.15) is 0 Å². The quantitative estimate of drug-likeness (QED) is 0.579. The van der Waals surface area contributed by atoms with E-state index in [2.05, 4.69) is 25.8 Å². The summed E-state index contributed by atoms with van der Waals surface area (Å²) < 4.78 is 0. The summed E-state index contributed by atoms with van der Waals surface area (Å²) in [7, 11) is 0. The van der Waals surface area contributed by atoms with Crippen molar-refractivity contribution in [3.05, 3.63) is 41.3 Å². The zero-order chi connectivity index (χ0) is 20.1. The first-order valence-electron chi connectivity index (χ1n) is 9.73. The number of rotatable bonds is 7. The lowest BCUT2D eigenvalue weighted by Crippen LogP contribution is -2.34. The third-order valence-electron chi connectivity index (χ3n) is 5.43. The van der Waals surface area contributed by atoms with E-state index in [-0.39, 0.29) is 11.9 Å². The van der Waals surface area contributed by atoms with Gasteiger partial charge in [0.05, 0.1) is 5.56 Å². The van der Waals surface area contributed by atoms with E-state index in [4.69, 9.17) is 5.11 Å². The van der Waals surface area contributed by atoms with Crippen molar-refractivity contribution in [3.63, 3.8) is 0 Å². The summed E-state index contributed by atoms with van der Waals surface area (Å²) >= 11 is 0. The monoisotopic (exact) mass is 385 g/mol. The normalized spacial score (nSPS) is 19.9. The average Bonchev–Trinajstić information content (AvgIpc) is 3.30. The van der Waals surface area contributed by atoms with Crippen LogP contribution >= 0.6 is 0 Å². The van der Waals surface area contributed by atoms with Gasteiger partial charge < -0.3 is 15.7 Å². The maximum Gasteiger partial charge on any atom is 0.404 e. The molecule has 150 valence electrons. The Labute approximate surface area is 164 Å². The van der Waals surface area contributed by atoms with Crippen molar-refractivity contribution in [1.82, 2.24) is 20.5 Å². The number of aryl methyl sites for hydroxylation is 1.